The van der Waals surface area contributed by atoms with Gasteiger partial charge in [0.1, 0.15) is 19.8 Å². The maximum Gasteiger partial charge on any atom is 0.306 e. The van der Waals surface area contributed by atoms with Gasteiger partial charge in [-0.1, -0.05) is 0 Å². The van der Waals surface area contributed by atoms with Crippen molar-refractivity contribution in [2.75, 3.05) is 26.4 Å². The first-order valence-corrected chi connectivity index (χ1v) is 14.4. The zero-order valence-electron chi connectivity index (χ0n) is 19.9. The molecule has 0 saturated heterocycles. The molecule has 0 atom stereocenters. The van der Waals surface area contributed by atoms with Crippen LogP contribution in [0.5, 0.6) is 0 Å². The molecule has 0 radical (unpaired) electrons. The van der Waals surface area contributed by atoms with Gasteiger partial charge in [0.05, 0.1) is 12.0 Å². The molecular weight excluding hydrogens is 520 g/mol. The fourth-order valence-corrected chi connectivity index (χ4v) is 5.33. The molecule has 3 heterocycles. The van der Waals surface area contributed by atoms with E-state index in [0.717, 1.165) is 16.7 Å². The van der Waals surface area contributed by atoms with Gasteiger partial charge in [-0.05, 0) is 86.4 Å². The van der Waals surface area contributed by atoms with Crippen LogP contribution in [0, 0.1) is 5.41 Å². The number of aliphatic hydroxyl groups excluding tert-OH is 1. The average molecular weight is 551 g/mol. The fourth-order valence-electron chi connectivity index (χ4n) is 3.22. The first kappa shape index (κ1) is 28.0. The van der Waals surface area contributed by atoms with Crippen LogP contribution in [0.25, 0.3) is 0 Å². The average Bonchev–Trinajstić information content (AvgIpc) is 3.69. The summed E-state index contributed by atoms with van der Waals surface area (Å²) >= 11 is 4.67. The monoisotopic (exact) mass is 550 g/mol. The van der Waals surface area contributed by atoms with Crippen LogP contribution in [-0.4, -0.2) is 49.4 Å². The summed E-state index contributed by atoms with van der Waals surface area (Å²) < 4.78 is 16.3. The molecular formula is C26H30O7S3. The number of carbonyl (C=O) groups is 3. The third kappa shape index (κ3) is 9.85. The van der Waals surface area contributed by atoms with Gasteiger partial charge in [0.25, 0.3) is 0 Å². The van der Waals surface area contributed by atoms with Crippen LogP contribution in [0.4, 0.5) is 0 Å². The fraction of sp³-hybridized carbons (Fsp3) is 0.423. The van der Waals surface area contributed by atoms with Gasteiger partial charge in [0.2, 0.25) is 0 Å². The second kappa shape index (κ2) is 14.9. The highest BCUT2D eigenvalue weighted by Gasteiger charge is 2.35. The Balaban J connectivity index is 1.52. The van der Waals surface area contributed by atoms with Crippen molar-refractivity contribution in [3.05, 3.63) is 67.2 Å². The summed E-state index contributed by atoms with van der Waals surface area (Å²) in [6.07, 6.45) is 2.17. The Morgan fingerprint density at radius 2 is 0.972 bits per heavy atom. The lowest BCUT2D eigenvalue weighted by atomic mass is 9.92. The molecule has 0 aliphatic heterocycles. The second-order valence-electron chi connectivity index (χ2n) is 8.53. The largest absolute Gasteiger partial charge is 0.465 e. The lowest BCUT2D eigenvalue weighted by Crippen LogP contribution is -2.42. The molecule has 3 rings (SSSR count). The summed E-state index contributed by atoms with van der Waals surface area (Å²) in [5.41, 5.74) is 1.90. The van der Waals surface area contributed by atoms with E-state index in [-0.39, 0.29) is 39.1 Å². The number of thiophene rings is 3. The third-order valence-corrected chi connectivity index (χ3v) is 7.74. The SMILES string of the molecule is O=C(CCc1ccsc1)OCC(CO)(COC(=O)CCc1ccsc1)COC(=O)CCc1ccsc1. The van der Waals surface area contributed by atoms with E-state index in [2.05, 4.69) is 0 Å². The van der Waals surface area contributed by atoms with Crippen molar-refractivity contribution < 1.29 is 33.7 Å². The van der Waals surface area contributed by atoms with Crippen LogP contribution in [0.2, 0.25) is 0 Å². The van der Waals surface area contributed by atoms with Gasteiger partial charge in [-0.2, -0.15) is 34.0 Å². The van der Waals surface area contributed by atoms with Crippen molar-refractivity contribution in [3.8, 4) is 0 Å². The lowest BCUT2D eigenvalue weighted by Gasteiger charge is -2.30. The Labute approximate surface area is 222 Å². The highest BCUT2D eigenvalue weighted by Crippen LogP contribution is 2.21. The van der Waals surface area contributed by atoms with Crippen molar-refractivity contribution in [3.63, 3.8) is 0 Å². The van der Waals surface area contributed by atoms with Crippen LogP contribution in [0.1, 0.15) is 36.0 Å². The number of aliphatic hydroxyl groups is 1. The molecule has 0 aliphatic carbocycles. The minimum Gasteiger partial charge on any atom is -0.465 e. The molecule has 3 aromatic rings. The minimum atomic E-state index is -1.24. The molecule has 7 nitrogen and oxygen atoms in total. The Kier molecular flexibility index (Phi) is 11.6. The van der Waals surface area contributed by atoms with E-state index < -0.39 is 29.9 Å². The van der Waals surface area contributed by atoms with Gasteiger partial charge in [-0.3, -0.25) is 14.4 Å². The topological polar surface area (TPSA) is 99.1 Å². The summed E-state index contributed by atoms with van der Waals surface area (Å²) in [7, 11) is 0. The van der Waals surface area contributed by atoms with Crippen LogP contribution in [0.3, 0.4) is 0 Å². The zero-order chi connectivity index (χ0) is 25.6. The molecule has 0 bridgehead atoms. The van der Waals surface area contributed by atoms with E-state index in [9.17, 15) is 19.5 Å². The second-order valence-corrected chi connectivity index (χ2v) is 10.9. The molecule has 0 aliphatic rings. The highest BCUT2D eigenvalue weighted by molar-refractivity contribution is 7.08. The van der Waals surface area contributed by atoms with Crippen molar-refractivity contribution in [1.29, 1.82) is 0 Å². The minimum absolute atomic E-state index is 0.180. The molecule has 10 heteroatoms. The normalized spacial score (nSPS) is 11.2. The summed E-state index contributed by atoms with van der Waals surface area (Å²) in [5, 5.41) is 21.9. The van der Waals surface area contributed by atoms with Gasteiger partial charge in [0.15, 0.2) is 0 Å². The standard InChI is InChI=1S/C26H30O7S3/c27-16-26(17-31-23(28)4-1-20-7-10-34-13-20,18-32-24(29)5-2-21-8-11-35-14-21)19-33-25(30)6-3-22-9-12-36-15-22/h7-15,27H,1-6,16-19H2. The molecule has 0 aromatic carbocycles. The van der Waals surface area contributed by atoms with E-state index in [1.807, 2.05) is 50.5 Å². The molecule has 0 unspecified atom stereocenters. The van der Waals surface area contributed by atoms with Crippen LogP contribution >= 0.6 is 34.0 Å². The van der Waals surface area contributed by atoms with Gasteiger partial charge >= 0.3 is 17.9 Å². The molecule has 1 N–H and O–H groups in total. The predicted octanol–water partition coefficient (Wildman–Crippen LogP) is 4.68. The maximum atomic E-state index is 12.3. The first-order valence-electron chi connectivity index (χ1n) is 11.6. The van der Waals surface area contributed by atoms with Crippen molar-refractivity contribution in [2.45, 2.75) is 38.5 Å². The third-order valence-electron chi connectivity index (χ3n) is 5.55. The van der Waals surface area contributed by atoms with Gasteiger partial charge in [-0.25, -0.2) is 0 Å². The van der Waals surface area contributed by atoms with Gasteiger partial charge in [-0.15, -0.1) is 0 Å². The number of hydrogen-bond donors (Lipinski definition) is 1. The number of carbonyl (C=O) groups excluding carboxylic acids is 3. The molecule has 194 valence electrons. The highest BCUT2D eigenvalue weighted by atomic mass is 32.1. The molecule has 0 fully saturated rings. The van der Waals surface area contributed by atoms with E-state index >= 15 is 0 Å². The molecule has 0 amide bonds. The first-order chi connectivity index (χ1) is 17.5. The Morgan fingerprint density at radius 1 is 0.639 bits per heavy atom. The lowest BCUT2D eigenvalue weighted by molar-refractivity contribution is -0.165. The van der Waals surface area contributed by atoms with E-state index in [1.54, 1.807) is 34.0 Å². The van der Waals surface area contributed by atoms with Crippen molar-refractivity contribution in [2.24, 2.45) is 5.41 Å². The zero-order valence-corrected chi connectivity index (χ0v) is 22.3. The van der Waals surface area contributed by atoms with Gasteiger partial charge in [0, 0.05) is 19.3 Å². The van der Waals surface area contributed by atoms with Crippen molar-refractivity contribution >= 4 is 51.9 Å². The van der Waals surface area contributed by atoms with Crippen LogP contribution in [0.15, 0.2) is 50.5 Å². The quantitative estimate of drug-likeness (QED) is 0.204. The number of ether oxygens (including phenoxy) is 3. The summed E-state index contributed by atoms with van der Waals surface area (Å²) in [4.78, 5) is 37.0. The number of esters is 3. The number of hydrogen-bond acceptors (Lipinski definition) is 10. The predicted molar refractivity (Wildman–Crippen MR) is 140 cm³/mol. The number of aryl methyl sites for hydroxylation is 3. The molecule has 0 spiro atoms. The van der Waals surface area contributed by atoms with Crippen molar-refractivity contribution in [1.82, 2.24) is 0 Å². The summed E-state index contributed by atoms with van der Waals surface area (Å²) in [5.74, 6) is -1.32. The molecule has 0 saturated carbocycles. The Bertz CT molecular complexity index is 912. The molecule has 3 aromatic heterocycles. The van der Waals surface area contributed by atoms with Gasteiger partial charge < -0.3 is 19.3 Å². The van der Waals surface area contributed by atoms with E-state index in [0.29, 0.717) is 19.3 Å². The summed E-state index contributed by atoms with van der Waals surface area (Å²) in [6.45, 7) is -1.19. The summed E-state index contributed by atoms with van der Waals surface area (Å²) in [6, 6.07) is 5.84. The van der Waals surface area contributed by atoms with E-state index in [1.165, 1.54) is 0 Å². The Morgan fingerprint density at radius 3 is 1.22 bits per heavy atom. The van der Waals surface area contributed by atoms with E-state index in [4.69, 9.17) is 14.2 Å². The van der Waals surface area contributed by atoms with Crippen LogP contribution in [-0.2, 0) is 47.9 Å². The molecule has 36 heavy (non-hydrogen) atoms. The smallest absolute Gasteiger partial charge is 0.306 e. The maximum absolute atomic E-state index is 12.3. The Hall–Kier alpha value is -2.53. The van der Waals surface area contributed by atoms with Crippen LogP contribution < -0.4 is 0 Å². The number of rotatable bonds is 16.